The molecule has 0 atom stereocenters. The van der Waals surface area contributed by atoms with Gasteiger partial charge in [-0.05, 0) is 98.4 Å². The zero-order valence-corrected chi connectivity index (χ0v) is 24.8. The lowest BCUT2D eigenvalue weighted by Crippen LogP contribution is -2.58. The fourth-order valence-electron chi connectivity index (χ4n) is 5.24. The Hall–Kier alpha value is -2.73. The average molecular weight is 495 g/mol. The summed E-state index contributed by atoms with van der Waals surface area (Å²) in [5, 5.41) is 5.59. The van der Waals surface area contributed by atoms with Gasteiger partial charge >= 0.3 is 0 Å². The standard InChI is InChI=1S/C32H38OSi2/c1-21-9-13-29(25(5)17-21)34(30-14-10-22(2)18-26(30)6)33-35(31-15-11-23(3)19-27(31)7)32-16-12-24(4)20-28(32)8/h9-20,34-35H,1-8H3. The molecule has 0 heterocycles. The summed E-state index contributed by atoms with van der Waals surface area (Å²) in [7, 11) is -3.94. The van der Waals surface area contributed by atoms with Crippen LogP contribution in [0.4, 0.5) is 0 Å². The molecule has 4 aromatic rings. The molecule has 0 aliphatic heterocycles. The van der Waals surface area contributed by atoms with E-state index >= 15 is 0 Å². The van der Waals surface area contributed by atoms with Crippen LogP contribution >= 0.6 is 0 Å². The molecule has 0 saturated carbocycles. The van der Waals surface area contributed by atoms with Crippen LogP contribution in [0, 0.1) is 55.4 Å². The minimum Gasteiger partial charge on any atom is -0.446 e. The van der Waals surface area contributed by atoms with E-state index in [-0.39, 0.29) is 0 Å². The Labute approximate surface area is 215 Å². The molecule has 0 unspecified atom stereocenters. The van der Waals surface area contributed by atoms with Gasteiger partial charge in [-0.2, -0.15) is 0 Å². The van der Waals surface area contributed by atoms with Crippen LogP contribution in [0.5, 0.6) is 0 Å². The van der Waals surface area contributed by atoms with Crippen LogP contribution in [-0.2, 0) is 4.12 Å². The van der Waals surface area contributed by atoms with Gasteiger partial charge in [-0.25, -0.2) is 0 Å². The molecule has 3 heteroatoms. The normalized spacial score (nSPS) is 11.5. The van der Waals surface area contributed by atoms with Gasteiger partial charge in [0.2, 0.25) is 18.1 Å². The Bertz CT molecular complexity index is 1160. The summed E-state index contributed by atoms with van der Waals surface area (Å²) in [6.07, 6.45) is 0. The third-order valence-corrected chi connectivity index (χ3v) is 14.1. The van der Waals surface area contributed by atoms with Gasteiger partial charge in [0, 0.05) is 0 Å². The molecule has 0 spiro atoms. The first kappa shape index (κ1) is 25.4. The second kappa shape index (κ2) is 10.5. The van der Waals surface area contributed by atoms with Crippen LogP contribution in [0.15, 0.2) is 72.8 Å². The fraction of sp³-hybridized carbons (Fsp3) is 0.250. The molecular weight excluding hydrogens is 457 g/mol. The Kier molecular flexibility index (Phi) is 7.60. The Balaban J connectivity index is 1.93. The maximum Gasteiger partial charge on any atom is 0.229 e. The van der Waals surface area contributed by atoms with Gasteiger partial charge in [0.1, 0.15) is 0 Å². The summed E-state index contributed by atoms with van der Waals surface area (Å²) >= 11 is 0. The van der Waals surface area contributed by atoms with E-state index in [0.717, 1.165) is 0 Å². The highest BCUT2D eigenvalue weighted by atomic mass is 28.4. The molecule has 0 radical (unpaired) electrons. The van der Waals surface area contributed by atoms with Crippen LogP contribution in [0.3, 0.4) is 0 Å². The van der Waals surface area contributed by atoms with Gasteiger partial charge in [0.25, 0.3) is 0 Å². The van der Waals surface area contributed by atoms with Crippen LogP contribution in [-0.4, -0.2) is 18.1 Å². The van der Waals surface area contributed by atoms with Crippen LogP contribution in [0.1, 0.15) is 44.5 Å². The van der Waals surface area contributed by atoms with Crippen molar-refractivity contribution in [2.45, 2.75) is 55.4 Å². The topological polar surface area (TPSA) is 9.23 Å². The molecule has 0 fully saturated rings. The van der Waals surface area contributed by atoms with Crippen LogP contribution in [0.2, 0.25) is 0 Å². The highest BCUT2D eigenvalue weighted by Crippen LogP contribution is 2.12. The molecule has 1 nitrogen and oxygen atoms in total. The fourth-order valence-corrected chi connectivity index (χ4v) is 12.4. The molecule has 0 N–H and O–H groups in total. The molecule has 4 aromatic carbocycles. The average Bonchev–Trinajstić information content (AvgIpc) is 2.77. The SMILES string of the molecule is Cc1ccc([SiH](O[SiH](c2ccc(C)cc2C)c2ccc(C)cc2C)c2ccc(C)cc2C)c(C)c1. The first-order chi connectivity index (χ1) is 16.6. The molecule has 35 heavy (non-hydrogen) atoms. The van der Waals surface area contributed by atoms with Crippen molar-refractivity contribution in [1.82, 2.24) is 0 Å². The summed E-state index contributed by atoms with van der Waals surface area (Å²) in [4.78, 5) is 0. The highest BCUT2D eigenvalue weighted by Gasteiger charge is 2.30. The van der Waals surface area contributed by atoms with Gasteiger partial charge in [-0.3, -0.25) is 0 Å². The van der Waals surface area contributed by atoms with Gasteiger partial charge in [0.15, 0.2) is 0 Å². The van der Waals surface area contributed by atoms with Crippen molar-refractivity contribution in [3.8, 4) is 0 Å². The molecular formula is C32H38OSi2. The van der Waals surface area contributed by atoms with E-state index in [0.29, 0.717) is 0 Å². The summed E-state index contributed by atoms with van der Waals surface area (Å²) in [6.45, 7) is 17.7. The smallest absolute Gasteiger partial charge is 0.229 e. The number of hydrogen-bond acceptors (Lipinski definition) is 1. The van der Waals surface area contributed by atoms with Gasteiger partial charge < -0.3 is 4.12 Å². The third kappa shape index (κ3) is 5.58. The van der Waals surface area contributed by atoms with Crippen molar-refractivity contribution >= 4 is 38.8 Å². The lowest BCUT2D eigenvalue weighted by Gasteiger charge is -2.29. The lowest BCUT2D eigenvalue weighted by molar-refractivity contribution is 0.632. The van der Waals surface area contributed by atoms with Crippen LogP contribution < -0.4 is 20.7 Å². The van der Waals surface area contributed by atoms with Gasteiger partial charge in [-0.1, -0.05) is 95.1 Å². The molecule has 0 aliphatic carbocycles. The summed E-state index contributed by atoms with van der Waals surface area (Å²) in [6, 6.07) is 27.6. The second-order valence-corrected chi connectivity index (χ2v) is 15.4. The predicted molar refractivity (Wildman–Crippen MR) is 158 cm³/mol. The summed E-state index contributed by atoms with van der Waals surface area (Å²) in [5.74, 6) is 0. The molecule has 0 bridgehead atoms. The Morgan fingerprint density at radius 2 is 0.600 bits per heavy atom. The summed E-state index contributed by atoms with van der Waals surface area (Å²) < 4.78 is 7.56. The van der Waals surface area contributed by atoms with E-state index in [1.165, 1.54) is 65.3 Å². The van der Waals surface area contributed by atoms with Crippen molar-refractivity contribution < 1.29 is 4.12 Å². The lowest BCUT2D eigenvalue weighted by atomic mass is 10.1. The summed E-state index contributed by atoms with van der Waals surface area (Å²) in [5.41, 5.74) is 10.6. The molecule has 0 aromatic heterocycles. The molecule has 4 rings (SSSR count). The van der Waals surface area contributed by atoms with E-state index in [1.54, 1.807) is 0 Å². The van der Waals surface area contributed by atoms with Crippen molar-refractivity contribution in [2.24, 2.45) is 0 Å². The molecule has 0 aliphatic rings. The van der Waals surface area contributed by atoms with E-state index < -0.39 is 18.1 Å². The van der Waals surface area contributed by atoms with Crippen molar-refractivity contribution in [3.63, 3.8) is 0 Å². The number of aryl methyl sites for hydroxylation is 8. The monoisotopic (exact) mass is 494 g/mol. The van der Waals surface area contributed by atoms with Crippen molar-refractivity contribution in [3.05, 3.63) is 117 Å². The van der Waals surface area contributed by atoms with Crippen LogP contribution in [0.25, 0.3) is 0 Å². The van der Waals surface area contributed by atoms with E-state index in [9.17, 15) is 0 Å². The van der Waals surface area contributed by atoms with Crippen molar-refractivity contribution in [2.75, 3.05) is 0 Å². The van der Waals surface area contributed by atoms with E-state index in [2.05, 4.69) is 128 Å². The van der Waals surface area contributed by atoms with Gasteiger partial charge in [-0.15, -0.1) is 0 Å². The first-order valence-corrected chi connectivity index (χ1v) is 15.8. The Morgan fingerprint density at radius 3 is 0.800 bits per heavy atom. The number of benzene rings is 4. The zero-order valence-electron chi connectivity index (χ0n) is 22.5. The largest absolute Gasteiger partial charge is 0.446 e. The van der Waals surface area contributed by atoms with E-state index in [4.69, 9.17) is 4.12 Å². The molecule has 0 saturated heterocycles. The minimum atomic E-state index is -1.97. The zero-order chi connectivity index (χ0) is 25.3. The maximum absolute atomic E-state index is 7.56. The number of hydrogen-bond donors (Lipinski definition) is 0. The van der Waals surface area contributed by atoms with E-state index in [1.807, 2.05) is 0 Å². The highest BCUT2D eigenvalue weighted by molar-refractivity contribution is 6.92. The quantitative estimate of drug-likeness (QED) is 0.358. The minimum absolute atomic E-state index is 1.30. The third-order valence-electron chi connectivity index (χ3n) is 7.10. The first-order valence-electron chi connectivity index (χ1n) is 12.6. The molecule has 0 amide bonds. The second-order valence-electron chi connectivity index (χ2n) is 10.3. The molecule has 180 valence electrons. The Morgan fingerprint density at radius 1 is 0.371 bits per heavy atom. The number of rotatable bonds is 6. The predicted octanol–water partition coefficient (Wildman–Crippen LogP) is 4.55. The van der Waals surface area contributed by atoms with Crippen molar-refractivity contribution in [1.29, 1.82) is 0 Å². The van der Waals surface area contributed by atoms with Gasteiger partial charge in [0.05, 0.1) is 0 Å². The maximum atomic E-state index is 7.56.